The number of nitrogens with zero attached hydrogens (tertiary/aromatic N) is 5. The van der Waals surface area contributed by atoms with Gasteiger partial charge in [0.05, 0.1) is 41.8 Å². The average Bonchev–Trinajstić information content (AvgIpc) is 3.49. The van der Waals surface area contributed by atoms with Gasteiger partial charge in [-0.2, -0.15) is 5.10 Å². The Hall–Kier alpha value is -5.81. The average molecular weight is 629 g/mol. The van der Waals surface area contributed by atoms with E-state index in [0.29, 0.717) is 41.2 Å². The van der Waals surface area contributed by atoms with Gasteiger partial charge in [0, 0.05) is 28.5 Å². The van der Waals surface area contributed by atoms with Gasteiger partial charge in [-0.05, 0) is 54.4 Å². The first kappa shape index (κ1) is 31.2. The van der Waals surface area contributed by atoms with Gasteiger partial charge in [-0.15, -0.1) is 0 Å². The van der Waals surface area contributed by atoms with Gasteiger partial charge in [-0.1, -0.05) is 57.2 Å². The number of hydrogen-bond acceptors (Lipinski definition) is 8. The van der Waals surface area contributed by atoms with E-state index >= 15 is 0 Å². The number of hydrogen-bond donors (Lipinski definition) is 4. The van der Waals surface area contributed by atoms with Crippen molar-refractivity contribution in [3.05, 3.63) is 120 Å². The summed E-state index contributed by atoms with van der Waals surface area (Å²) >= 11 is 0. The Morgan fingerprint density at radius 3 is 2.45 bits per heavy atom. The number of ether oxygens (including phenoxy) is 1. The van der Waals surface area contributed by atoms with Crippen molar-refractivity contribution in [1.82, 2.24) is 24.7 Å². The normalized spacial score (nSPS) is 11.3. The first-order valence-electron chi connectivity index (χ1n) is 15.2. The first-order valence-corrected chi connectivity index (χ1v) is 15.2. The minimum atomic E-state index is -0.384. The van der Waals surface area contributed by atoms with Gasteiger partial charge in [0.1, 0.15) is 29.8 Å². The molecule has 4 N–H and O–H groups in total. The molecule has 0 fully saturated rings. The largest absolute Gasteiger partial charge is 0.488 e. The van der Waals surface area contributed by atoms with Crippen molar-refractivity contribution < 1.29 is 14.6 Å². The van der Waals surface area contributed by atoms with E-state index in [9.17, 15) is 9.90 Å². The summed E-state index contributed by atoms with van der Waals surface area (Å²) in [6, 6.07) is 24.7. The van der Waals surface area contributed by atoms with Crippen LogP contribution in [-0.2, 0) is 18.6 Å². The number of amides is 2. The molecule has 0 atom stereocenters. The highest BCUT2D eigenvalue weighted by Gasteiger charge is 2.22. The minimum Gasteiger partial charge on any atom is -0.488 e. The molecule has 3 aromatic carbocycles. The summed E-state index contributed by atoms with van der Waals surface area (Å²) < 4.78 is 8.02. The molecule has 0 aliphatic rings. The molecule has 6 aromatic rings. The number of anilines is 4. The van der Waals surface area contributed by atoms with Gasteiger partial charge in [-0.3, -0.25) is 10.3 Å². The third-order valence-corrected chi connectivity index (χ3v) is 7.44. The highest BCUT2D eigenvalue weighted by atomic mass is 16.5. The number of carbonyl (C=O) groups is 1. The summed E-state index contributed by atoms with van der Waals surface area (Å²) in [6.45, 7) is 8.43. The first-order chi connectivity index (χ1) is 22.7. The molecule has 0 saturated carbocycles. The lowest BCUT2D eigenvalue weighted by Crippen LogP contribution is -2.21. The van der Waals surface area contributed by atoms with Crippen molar-refractivity contribution in [2.45, 2.75) is 46.3 Å². The van der Waals surface area contributed by atoms with Gasteiger partial charge in [0.25, 0.3) is 0 Å². The Bertz CT molecular complexity index is 2030. The molecule has 47 heavy (non-hydrogen) atoms. The maximum Gasteiger partial charge on any atom is 0.324 e. The molecule has 6 rings (SSSR count). The molecule has 0 unspecified atom stereocenters. The van der Waals surface area contributed by atoms with Crippen LogP contribution in [0.3, 0.4) is 0 Å². The van der Waals surface area contributed by atoms with E-state index < -0.39 is 0 Å². The Morgan fingerprint density at radius 2 is 1.70 bits per heavy atom. The van der Waals surface area contributed by atoms with E-state index in [-0.39, 0.29) is 18.1 Å². The Balaban J connectivity index is 1.18. The summed E-state index contributed by atoms with van der Waals surface area (Å²) in [5.74, 6) is 2.35. The third kappa shape index (κ3) is 7.37. The minimum absolute atomic E-state index is 0.170. The third-order valence-electron chi connectivity index (χ3n) is 7.44. The molecule has 3 aromatic heterocycles. The highest BCUT2D eigenvalue weighted by molar-refractivity contribution is 6.07. The molecule has 0 radical (unpaired) electrons. The van der Waals surface area contributed by atoms with Crippen LogP contribution in [0.4, 0.5) is 27.9 Å². The molecule has 2 amide bonds. The number of carbonyl (C=O) groups excluding carboxylic acids is 1. The number of nitrogens with one attached hydrogen (secondary N) is 3. The van der Waals surface area contributed by atoms with Crippen LogP contribution >= 0.6 is 0 Å². The molecule has 0 aliphatic carbocycles. The second-order valence-corrected chi connectivity index (χ2v) is 12.2. The van der Waals surface area contributed by atoms with Crippen LogP contribution in [0.25, 0.3) is 16.5 Å². The molecule has 3 heterocycles. The van der Waals surface area contributed by atoms with Crippen LogP contribution in [0.5, 0.6) is 5.75 Å². The van der Waals surface area contributed by atoms with Gasteiger partial charge >= 0.3 is 6.03 Å². The number of urea groups is 1. The van der Waals surface area contributed by atoms with E-state index in [1.165, 1.54) is 6.20 Å². The van der Waals surface area contributed by atoms with E-state index in [1.807, 2.05) is 85.8 Å². The fourth-order valence-corrected chi connectivity index (χ4v) is 5.00. The molecule has 0 saturated heterocycles. The van der Waals surface area contributed by atoms with Gasteiger partial charge < -0.3 is 20.5 Å². The zero-order chi connectivity index (χ0) is 33.0. The fraction of sp³-hybridized carbons (Fsp3) is 0.194. The molecule has 11 nitrogen and oxygen atoms in total. The Morgan fingerprint density at radius 1 is 0.872 bits per heavy atom. The molecular formula is C36H36N8O3. The molecule has 0 aliphatic heterocycles. The number of aromatic nitrogens is 5. The van der Waals surface area contributed by atoms with Crippen molar-refractivity contribution >= 4 is 39.9 Å². The topological polar surface area (TPSA) is 139 Å². The van der Waals surface area contributed by atoms with E-state index in [4.69, 9.17) is 9.84 Å². The lowest BCUT2D eigenvalue weighted by Gasteiger charge is -2.15. The number of aliphatic hydroxyl groups excluding tert-OH is 1. The van der Waals surface area contributed by atoms with Crippen LogP contribution in [0.15, 0.2) is 97.5 Å². The van der Waals surface area contributed by atoms with Crippen LogP contribution < -0.4 is 20.7 Å². The summed E-state index contributed by atoms with van der Waals surface area (Å²) in [4.78, 5) is 26.1. The summed E-state index contributed by atoms with van der Waals surface area (Å²) in [5, 5.41) is 24.9. The zero-order valence-corrected chi connectivity index (χ0v) is 26.7. The monoisotopic (exact) mass is 628 g/mol. The van der Waals surface area contributed by atoms with E-state index in [0.717, 1.165) is 33.3 Å². The van der Waals surface area contributed by atoms with Crippen molar-refractivity contribution in [1.29, 1.82) is 0 Å². The number of fused-ring (bicyclic) bond motifs is 1. The van der Waals surface area contributed by atoms with Gasteiger partial charge in [0.2, 0.25) is 0 Å². The summed E-state index contributed by atoms with van der Waals surface area (Å²) in [6.07, 6.45) is 4.74. The maximum absolute atomic E-state index is 13.4. The lowest BCUT2D eigenvalue weighted by molar-refractivity contribution is 0.262. The number of benzene rings is 3. The maximum atomic E-state index is 13.4. The quantitative estimate of drug-likeness (QED) is 0.131. The fourth-order valence-electron chi connectivity index (χ4n) is 5.00. The predicted molar refractivity (Wildman–Crippen MR) is 183 cm³/mol. The van der Waals surface area contributed by atoms with Crippen molar-refractivity contribution in [3.8, 4) is 11.4 Å². The van der Waals surface area contributed by atoms with Gasteiger partial charge in [-0.25, -0.2) is 19.4 Å². The standard InChI is InChI=1S/C36H36N8O3/c1-23-8-7-9-26(16-23)44-34(18-31(43-44)36(2,3)4)42-35(46)40-29-12-13-30(28-11-6-5-10-27(28)29)47-22-24-14-15-37-32(17-24)41-33-20-38-25(21-45)19-39-33/h5-20,45H,21-22H2,1-4H3,(H,37,39,41)(H2,40,42,46). The molecule has 11 heteroatoms. The Labute approximate surface area is 272 Å². The van der Waals surface area contributed by atoms with Crippen molar-refractivity contribution in [3.63, 3.8) is 0 Å². The molecule has 0 spiro atoms. The van der Waals surface area contributed by atoms with E-state index in [2.05, 4.69) is 51.7 Å². The van der Waals surface area contributed by atoms with Gasteiger partial charge in [0.15, 0.2) is 0 Å². The van der Waals surface area contributed by atoms with Crippen LogP contribution in [0, 0.1) is 6.92 Å². The van der Waals surface area contributed by atoms with E-state index in [1.54, 1.807) is 17.1 Å². The number of aryl methyl sites for hydroxylation is 1. The van der Waals surface area contributed by atoms with Crippen LogP contribution in [0.1, 0.15) is 43.3 Å². The van der Waals surface area contributed by atoms with Crippen molar-refractivity contribution in [2.75, 3.05) is 16.0 Å². The molecular weight excluding hydrogens is 592 g/mol. The smallest absolute Gasteiger partial charge is 0.324 e. The summed E-state index contributed by atoms with van der Waals surface area (Å²) in [5.41, 5.74) is 4.65. The second kappa shape index (κ2) is 13.3. The number of rotatable bonds is 9. The zero-order valence-electron chi connectivity index (χ0n) is 26.7. The SMILES string of the molecule is Cc1cccc(-n2nc(C(C)(C)C)cc2NC(=O)Nc2ccc(OCc3ccnc(Nc4cnc(CO)cn4)c3)c3ccccc23)c1. The lowest BCUT2D eigenvalue weighted by atomic mass is 9.92. The second-order valence-electron chi connectivity index (χ2n) is 12.2. The molecule has 238 valence electrons. The number of pyridine rings is 1. The van der Waals surface area contributed by atoms with Crippen LogP contribution in [0.2, 0.25) is 0 Å². The summed E-state index contributed by atoms with van der Waals surface area (Å²) in [7, 11) is 0. The van der Waals surface area contributed by atoms with Crippen LogP contribution in [-0.4, -0.2) is 35.9 Å². The predicted octanol–water partition coefficient (Wildman–Crippen LogP) is 7.28. The number of aliphatic hydroxyl groups is 1. The highest BCUT2D eigenvalue weighted by Crippen LogP contribution is 2.33. The van der Waals surface area contributed by atoms with Crippen molar-refractivity contribution in [2.24, 2.45) is 0 Å². The molecule has 0 bridgehead atoms. The Kier molecular flexibility index (Phi) is 8.81.